The van der Waals surface area contributed by atoms with Gasteiger partial charge in [-0.25, -0.2) is 0 Å². The van der Waals surface area contributed by atoms with E-state index in [1.807, 2.05) is 19.2 Å². The van der Waals surface area contributed by atoms with Crippen LogP contribution in [0.25, 0.3) is 0 Å². The number of rotatable bonds is 4. The summed E-state index contributed by atoms with van der Waals surface area (Å²) in [5.41, 5.74) is 1.28. The summed E-state index contributed by atoms with van der Waals surface area (Å²) in [6, 6.07) is 9.36. The van der Waals surface area contributed by atoms with Crippen LogP contribution in [0.4, 0.5) is 0 Å². The highest BCUT2D eigenvalue weighted by Crippen LogP contribution is 2.30. The number of methoxy groups -OCH3 is 1. The Kier molecular flexibility index (Phi) is 4.02. The van der Waals surface area contributed by atoms with Crippen LogP contribution < -0.4 is 10.1 Å². The lowest BCUT2D eigenvalue weighted by atomic mass is 10.1. The van der Waals surface area contributed by atoms with Crippen LogP contribution in [-0.2, 0) is 0 Å². The molecule has 1 heterocycles. The fourth-order valence-electron chi connectivity index (χ4n) is 2.58. The zero-order valence-corrected chi connectivity index (χ0v) is 10.9. The molecule has 1 aromatic carbocycles. The monoisotopic (exact) mass is 234 g/mol. The molecule has 0 amide bonds. The van der Waals surface area contributed by atoms with Crippen LogP contribution in [0.1, 0.15) is 24.9 Å². The molecule has 0 saturated carbocycles. The van der Waals surface area contributed by atoms with E-state index in [1.54, 1.807) is 7.11 Å². The third-order valence-electron chi connectivity index (χ3n) is 3.76. The van der Waals surface area contributed by atoms with Gasteiger partial charge in [-0.3, -0.25) is 4.90 Å². The number of likely N-dealkylation sites (N-methyl/N-ethyl adjacent to an activating group) is 1. The molecule has 2 unspecified atom stereocenters. The van der Waals surface area contributed by atoms with E-state index in [9.17, 15) is 0 Å². The van der Waals surface area contributed by atoms with Gasteiger partial charge in [0.05, 0.1) is 7.11 Å². The molecule has 1 aliphatic rings. The quantitative estimate of drug-likeness (QED) is 0.863. The van der Waals surface area contributed by atoms with E-state index >= 15 is 0 Å². The van der Waals surface area contributed by atoms with Gasteiger partial charge in [-0.2, -0.15) is 0 Å². The summed E-state index contributed by atoms with van der Waals surface area (Å²) in [7, 11) is 3.79. The first kappa shape index (κ1) is 12.4. The first-order valence-corrected chi connectivity index (χ1v) is 6.30. The number of para-hydroxylation sites is 1. The van der Waals surface area contributed by atoms with Crippen LogP contribution >= 0.6 is 0 Å². The topological polar surface area (TPSA) is 24.5 Å². The normalized spacial score (nSPS) is 22.6. The zero-order valence-electron chi connectivity index (χ0n) is 10.9. The maximum atomic E-state index is 5.44. The molecule has 1 fully saturated rings. The van der Waals surface area contributed by atoms with Crippen molar-refractivity contribution in [1.82, 2.24) is 10.2 Å². The van der Waals surface area contributed by atoms with Crippen LogP contribution in [0, 0.1) is 0 Å². The summed E-state index contributed by atoms with van der Waals surface area (Å²) in [6.07, 6.45) is 1.23. The van der Waals surface area contributed by atoms with Gasteiger partial charge >= 0.3 is 0 Å². The van der Waals surface area contributed by atoms with Gasteiger partial charge in [0, 0.05) is 30.7 Å². The third-order valence-corrected chi connectivity index (χ3v) is 3.76. The summed E-state index contributed by atoms with van der Waals surface area (Å²) < 4.78 is 5.44. The van der Waals surface area contributed by atoms with Crippen molar-refractivity contribution in [3.63, 3.8) is 0 Å². The Bertz CT molecular complexity index is 367. The molecule has 1 saturated heterocycles. The van der Waals surface area contributed by atoms with Gasteiger partial charge in [-0.1, -0.05) is 18.2 Å². The largest absolute Gasteiger partial charge is 0.496 e. The Labute approximate surface area is 104 Å². The number of ether oxygens (including phenoxy) is 1. The van der Waals surface area contributed by atoms with E-state index in [1.165, 1.54) is 12.0 Å². The minimum atomic E-state index is 0.421. The molecule has 1 aromatic rings. The number of benzene rings is 1. The fraction of sp³-hybridized carbons (Fsp3) is 0.571. The average molecular weight is 234 g/mol. The van der Waals surface area contributed by atoms with E-state index in [4.69, 9.17) is 4.74 Å². The van der Waals surface area contributed by atoms with Crippen LogP contribution in [0.2, 0.25) is 0 Å². The second kappa shape index (κ2) is 5.52. The maximum Gasteiger partial charge on any atom is 0.123 e. The Hall–Kier alpha value is -1.06. The lowest BCUT2D eigenvalue weighted by Gasteiger charge is -2.26. The SMILES string of the molecule is CNC1CCN(C(C)c2ccccc2OC)C1. The van der Waals surface area contributed by atoms with Gasteiger partial charge in [-0.15, -0.1) is 0 Å². The van der Waals surface area contributed by atoms with Crippen molar-refractivity contribution in [3.05, 3.63) is 29.8 Å². The van der Waals surface area contributed by atoms with E-state index in [0.29, 0.717) is 12.1 Å². The van der Waals surface area contributed by atoms with Crippen molar-refractivity contribution >= 4 is 0 Å². The Morgan fingerprint density at radius 1 is 1.41 bits per heavy atom. The predicted octanol–water partition coefficient (Wildman–Crippen LogP) is 2.05. The minimum absolute atomic E-state index is 0.421. The number of nitrogens with zero attached hydrogens (tertiary/aromatic N) is 1. The smallest absolute Gasteiger partial charge is 0.123 e. The molecule has 1 N–H and O–H groups in total. The van der Waals surface area contributed by atoms with E-state index < -0.39 is 0 Å². The van der Waals surface area contributed by atoms with Crippen LogP contribution in [0.5, 0.6) is 5.75 Å². The predicted molar refractivity (Wildman–Crippen MR) is 70.4 cm³/mol. The standard InChI is InChI=1S/C14H22N2O/c1-11(16-9-8-12(10-16)15-2)13-6-4-5-7-14(13)17-3/h4-7,11-12,15H,8-10H2,1-3H3. The highest BCUT2D eigenvalue weighted by Gasteiger charge is 2.26. The fourth-order valence-corrected chi connectivity index (χ4v) is 2.58. The summed E-state index contributed by atoms with van der Waals surface area (Å²) in [6.45, 7) is 4.54. The lowest BCUT2D eigenvalue weighted by molar-refractivity contribution is 0.251. The Morgan fingerprint density at radius 2 is 2.18 bits per heavy atom. The van der Waals surface area contributed by atoms with Gasteiger partial charge in [0.15, 0.2) is 0 Å². The third kappa shape index (κ3) is 2.61. The molecular formula is C14H22N2O. The van der Waals surface area contributed by atoms with Crippen LogP contribution in [0.15, 0.2) is 24.3 Å². The summed E-state index contributed by atoms with van der Waals surface area (Å²) in [5.74, 6) is 0.993. The molecule has 0 aliphatic carbocycles. The van der Waals surface area contributed by atoms with Crippen molar-refractivity contribution < 1.29 is 4.74 Å². The Balaban J connectivity index is 2.11. The highest BCUT2D eigenvalue weighted by atomic mass is 16.5. The first-order valence-electron chi connectivity index (χ1n) is 6.30. The van der Waals surface area contributed by atoms with Gasteiger partial charge in [0.25, 0.3) is 0 Å². The van der Waals surface area contributed by atoms with Crippen molar-refractivity contribution in [1.29, 1.82) is 0 Å². The molecule has 2 atom stereocenters. The molecule has 3 heteroatoms. The second-order valence-corrected chi connectivity index (χ2v) is 4.69. The molecule has 17 heavy (non-hydrogen) atoms. The van der Waals surface area contributed by atoms with Crippen molar-refractivity contribution in [2.24, 2.45) is 0 Å². The van der Waals surface area contributed by atoms with Crippen LogP contribution in [-0.4, -0.2) is 38.2 Å². The number of nitrogens with one attached hydrogen (secondary N) is 1. The molecule has 0 radical (unpaired) electrons. The van der Waals surface area contributed by atoms with E-state index in [2.05, 4.69) is 29.3 Å². The molecule has 94 valence electrons. The summed E-state index contributed by atoms with van der Waals surface area (Å²) >= 11 is 0. The second-order valence-electron chi connectivity index (χ2n) is 4.69. The maximum absolute atomic E-state index is 5.44. The zero-order chi connectivity index (χ0) is 12.3. The van der Waals surface area contributed by atoms with Crippen molar-refractivity contribution in [2.75, 3.05) is 27.2 Å². The minimum Gasteiger partial charge on any atom is -0.496 e. The number of hydrogen-bond acceptors (Lipinski definition) is 3. The van der Waals surface area contributed by atoms with E-state index in [0.717, 1.165) is 18.8 Å². The molecule has 0 bridgehead atoms. The number of hydrogen-bond donors (Lipinski definition) is 1. The van der Waals surface area contributed by atoms with Gasteiger partial charge in [0.1, 0.15) is 5.75 Å². The lowest BCUT2D eigenvalue weighted by Crippen LogP contribution is -2.31. The molecule has 0 aromatic heterocycles. The van der Waals surface area contributed by atoms with Crippen molar-refractivity contribution in [2.45, 2.75) is 25.4 Å². The number of likely N-dealkylation sites (tertiary alicyclic amines) is 1. The Morgan fingerprint density at radius 3 is 2.82 bits per heavy atom. The first-order chi connectivity index (χ1) is 8.26. The average Bonchev–Trinajstić information content (AvgIpc) is 2.86. The van der Waals surface area contributed by atoms with Crippen molar-refractivity contribution in [3.8, 4) is 5.75 Å². The van der Waals surface area contributed by atoms with Gasteiger partial charge < -0.3 is 10.1 Å². The van der Waals surface area contributed by atoms with Gasteiger partial charge in [0.2, 0.25) is 0 Å². The highest BCUT2D eigenvalue weighted by molar-refractivity contribution is 5.35. The molecule has 3 nitrogen and oxygen atoms in total. The molecular weight excluding hydrogens is 212 g/mol. The summed E-state index contributed by atoms with van der Waals surface area (Å²) in [4.78, 5) is 2.51. The molecule has 2 rings (SSSR count). The van der Waals surface area contributed by atoms with E-state index in [-0.39, 0.29) is 0 Å². The molecule has 0 spiro atoms. The van der Waals surface area contributed by atoms with Crippen LogP contribution in [0.3, 0.4) is 0 Å². The molecule has 1 aliphatic heterocycles. The summed E-state index contributed by atoms with van der Waals surface area (Å²) in [5, 5.41) is 3.36. The van der Waals surface area contributed by atoms with Gasteiger partial charge in [-0.05, 0) is 26.5 Å².